The SMILES string of the molecule is CC(=O)OCCNc1ccc(C(F)(F)F)cc1[N+](=O)[O-]. The molecule has 0 saturated heterocycles. The first-order chi connectivity index (χ1) is 9.21. The maximum Gasteiger partial charge on any atom is 0.416 e. The normalized spacial score (nSPS) is 11.0. The second kappa shape index (κ2) is 6.22. The van der Waals surface area contributed by atoms with Crippen LogP contribution in [0, 0.1) is 10.1 Å². The van der Waals surface area contributed by atoms with Crippen LogP contribution < -0.4 is 5.32 Å². The molecule has 1 N–H and O–H groups in total. The lowest BCUT2D eigenvalue weighted by Gasteiger charge is -2.10. The molecule has 0 aliphatic rings. The lowest BCUT2D eigenvalue weighted by atomic mass is 10.1. The van der Waals surface area contributed by atoms with Gasteiger partial charge in [-0.2, -0.15) is 13.2 Å². The van der Waals surface area contributed by atoms with Gasteiger partial charge in [-0.25, -0.2) is 0 Å². The molecule has 0 aliphatic heterocycles. The standard InChI is InChI=1S/C11H11F3N2O4/c1-7(17)20-5-4-15-9-3-2-8(11(12,13)14)6-10(9)16(18)19/h2-3,6,15H,4-5H2,1H3. The molecular weight excluding hydrogens is 281 g/mol. The fourth-order valence-corrected chi connectivity index (χ4v) is 1.39. The summed E-state index contributed by atoms with van der Waals surface area (Å²) in [6, 6.07) is 2.16. The third-order valence-electron chi connectivity index (χ3n) is 2.24. The minimum Gasteiger partial charge on any atom is -0.464 e. The summed E-state index contributed by atoms with van der Waals surface area (Å²) in [4.78, 5) is 20.3. The molecule has 20 heavy (non-hydrogen) atoms. The van der Waals surface area contributed by atoms with Crippen LogP contribution in [0.5, 0.6) is 0 Å². The summed E-state index contributed by atoms with van der Waals surface area (Å²) in [5, 5.41) is 13.3. The van der Waals surface area contributed by atoms with Gasteiger partial charge < -0.3 is 10.1 Å². The quantitative estimate of drug-likeness (QED) is 0.390. The van der Waals surface area contributed by atoms with Gasteiger partial charge in [0.2, 0.25) is 0 Å². The Morgan fingerprint density at radius 1 is 1.45 bits per heavy atom. The molecule has 0 spiro atoms. The number of rotatable bonds is 5. The number of anilines is 1. The van der Waals surface area contributed by atoms with Gasteiger partial charge in [0.15, 0.2) is 0 Å². The van der Waals surface area contributed by atoms with E-state index in [0.29, 0.717) is 6.07 Å². The number of benzene rings is 1. The van der Waals surface area contributed by atoms with Crippen molar-refractivity contribution in [3.63, 3.8) is 0 Å². The van der Waals surface area contributed by atoms with Crippen molar-refractivity contribution in [3.8, 4) is 0 Å². The number of esters is 1. The molecule has 0 atom stereocenters. The van der Waals surface area contributed by atoms with E-state index in [-0.39, 0.29) is 18.8 Å². The minimum absolute atomic E-state index is 0.0474. The van der Waals surface area contributed by atoms with Crippen LogP contribution in [0.1, 0.15) is 12.5 Å². The molecule has 1 rings (SSSR count). The number of hydrogen-bond donors (Lipinski definition) is 1. The first kappa shape index (κ1) is 15.7. The molecule has 9 heteroatoms. The van der Waals surface area contributed by atoms with Crippen LogP contribution in [0.2, 0.25) is 0 Å². The Morgan fingerprint density at radius 2 is 2.10 bits per heavy atom. The maximum absolute atomic E-state index is 12.5. The predicted octanol–water partition coefficient (Wildman–Crippen LogP) is 2.59. The number of hydrogen-bond acceptors (Lipinski definition) is 5. The number of nitrogens with zero attached hydrogens (tertiary/aromatic N) is 1. The molecule has 0 heterocycles. The Balaban J connectivity index is 2.86. The number of carbonyl (C=O) groups excluding carboxylic acids is 1. The molecule has 0 amide bonds. The lowest BCUT2D eigenvalue weighted by Crippen LogP contribution is -2.13. The molecule has 1 aromatic carbocycles. The Kier molecular flexibility index (Phi) is 4.89. The van der Waals surface area contributed by atoms with E-state index in [2.05, 4.69) is 10.1 Å². The van der Waals surface area contributed by atoms with Gasteiger partial charge in [0.05, 0.1) is 10.5 Å². The van der Waals surface area contributed by atoms with E-state index in [1.165, 1.54) is 6.92 Å². The average Bonchev–Trinajstić information content (AvgIpc) is 2.33. The van der Waals surface area contributed by atoms with Gasteiger partial charge in [-0.3, -0.25) is 14.9 Å². The van der Waals surface area contributed by atoms with Gasteiger partial charge in [0.25, 0.3) is 5.69 Å². The predicted molar refractivity (Wildman–Crippen MR) is 63.2 cm³/mol. The average molecular weight is 292 g/mol. The molecule has 0 aromatic heterocycles. The van der Waals surface area contributed by atoms with Gasteiger partial charge in [-0.05, 0) is 12.1 Å². The second-order valence-electron chi connectivity index (χ2n) is 3.75. The van der Waals surface area contributed by atoms with Crippen molar-refractivity contribution in [2.75, 3.05) is 18.5 Å². The van der Waals surface area contributed by atoms with Crippen molar-refractivity contribution in [2.24, 2.45) is 0 Å². The lowest BCUT2D eigenvalue weighted by molar-refractivity contribution is -0.384. The number of alkyl halides is 3. The summed E-state index contributed by atoms with van der Waals surface area (Å²) in [6.07, 6.45) is -4.65. The number of halogens is 3. The Labute approximate surface area is 111 Å². The molecule has 0 saturated carbocycles. The highest BCUT2D eigenvalue weighted by Gasteiger charge is 2.32. The van der Waals surface area contributed by atoms with Crippen LogP contribution in [0.3, 0.4) is 0 Å². The topological polar surface area (TPSA) is 81.5 Å². The molecule has 0 unspecified atom stereocenters. The van der Waals surface area contributed by atoms with Crippen LogP contribution in [0.25, 0.3) is 0 Å². The number of nitro benzene ring substituents is 1. The van der Waals surface area contributed by atoms with E-state index in [4.69, 9.17) is 0 Å². The zero-order valence-electron chi connectivity index (χ0n) is 10.4. The molecule has 0 fully saturated rings. The molecule has 110 valence electrons. The van der Waals surface area contributed by atoms with Crippen molar-refractivity contribution in [2.45, 2.75) is 13.1 Å². The third-order valence-corrected chi connectivity index (χ3v) is 2.24. The van der Waals surface area contributed by atoms with Crippen LogP contribution in [0.15, 0.2) is 18.2 Å². The number of nitro groups is 1. The van der Waals surface area contributed by atoms with Crippen molar-refractivity contribution in [3.05, 3.63) is 33.9 Å². The van der Waals surface area contributed by atoms with Gasteiger partial charge >= 0.3 is 12.1 Å². The van der Waals surface area contributed by atoms with Gasteiger partial charge in [-0.1, -0.05) is 0 Å². The van der Waals surface area contributed by atoms with E-state index >= 15 is 0 Å². The van der Waals surface area contributed by atoms with Crippen molar-refractivity contribution in [1.29, 1.82) is 0 Å². The third kappa shape index (κ3) is 4.41. The van der Waals surface area contributed by atoms with Crippen molar-refractivity contribution in [1.82, 2.24) is 0 Å². The summed E-state index contributed by atoms with van der Waals surface area (Å²) >= 11 is 0. The monoisotopic (exact) mass is 292 g/mol. The first-order valence-corrected chi connectivity index (χ1v) is 5.44. The first-order valence-electron chi connectivity index (χ1n) is 5.44. The zero-order chi connectivity index (χ0) is 15.3. The van der Waals surface area contributed by atoms with E-state index in [0.717, 1.165) is 12.1 Å². The fraction of sp³-hybridized carbons (Fsp3) is 0.364. The summed E-state index contributed by atoms with van der Waals surface area (Å²) in [5.74, 6) is -0.520. The van der Waals surface area contributed by atoms with E-state index < -0.39 is 28.3 Å². The number of carbonyl (C=O) groups is 1. The van der Waals surface area contributed by atoms with Crippen molar-refractivity contribution < 1.29 is 27.6 Å². The van der Waals surface area contributed by atoms with Gasteiger partial charge in [-0.15, -0.1) is 0 Å². The highest BCUT2D eigenvalue weighted by atomic mass is 19.4. The van der Waals surface area contributed by atoms with E-state index in [9.17, 15) is 28.1 Å². The maximum atomic E-state index is 12.5. The number of nitrogens with one attached hydrogen (secondary N) is 1. The van der Waals surface area contributed by atoms with Crippen molar-refractivity contribution >= 4 is 17.3 Å². The zero-order valence-corrected chi connectivity index (χ0v) is 10.4. The molecule has 0 aliphatic carbocycles. The number of ether oxygens (including phenoxy) is 1. The van der Waals surface area contributed by atoms with Gasteiger partial charge in [0, 0.05) is 19.5 Å². The molecule has 6 nitrogen and oxygen atoms in total. The largest absolute Gasteiger partial charge is 0.464 e. The summed E-state index contributed by atoms with van der Waals surface area (Å²) in [7, 11) is 0. The van der Waals surface area contributed by atoms with Crippen LogP contribution >= 0.6 is 0 Å². The Bertz CT molecular complexity index is 517. The summed E-state index contributed by atoms with van der Waals surface area (Å²) < 4.78 is 42.0. The highest BCUT2D eigenvalue weighted by Crippen LogP contribution is 2.34. The van der Waals surface area contributed by atoms with Crippen LogP contribution in [-0.4, -0.2) is 24.0 Å². The Morgan fingerprint density at radius 3 is 2.60 bits per heavy atom. The van der Waals surface area contributed by atoms with E-state index in [1.807, 2.05) is 0 Å². The van der Waals surface area contributed by atoms with E-state index in [1.54, 1.807) is 0 Å². The van der Waals surface area contributed by atoms with Crippen LogP contribution in [-0.2, 0) is 15.7 Å². The molecule has 0 bridgehead atoms. The van der Waals surface area contributed by atoms with Gasteiger partial charge in [0.1, 0.15) is 12.3 Å². The highest BCUT2D eigenvalue weighted by molar-refractivity contribution is 5.66. The second-order valence-corrected chi connectivity index (χ2v) is 3.75. The van der Waals surface area contributed by atoms with Crippen LogP contribution in [0.4, 0.5) is 24.5 Å². The summed E-state index contributed by atoms with van der Waals surface area (Å²) in [5.41, 5.74) is -1.87. The smallest absolute Gasteiger partial charge is 0.416 e. The Hall–Kier alpha value is -2.32. The fourth-order valence-electron chi connectivity index (χ4n) is 1.39. The molecular formula is C11H11F3N2O4. The minimum atomic E-state index is -4.65. The summed E-state index contributed by atoms with van der Waals surface area (Å²) in [6.45, 7) is 1.19. The molecule has 1 aromatic rings. The molecule has 0 radical (unpaired) electrons.